The maximum absolute atomic E-state index is 13.0. The molecule has 18 nitrogen and oxygen atoms in total. The van der Waals surface area contributed by atoms with Gasteiger partial charge in [-0.1, -0.05) is 0 Å². The van der Waals surface area contributed by atoms with Gasteiger partial charge in [-0.05, 0) is 64.3 Å². The van der Waals surface area contributed by atoms with Gasteiger partial charge >= 0.3 is 12.1 Å². The Hall–Kier alpha value is -5.20. The molecule has 0 saturated heterocycles. The number of benzene rings is 1. The summed E-state index contributed by atoms with van der Waals surface area (Å²) in [5, 5.41) is 15.1. The molecular weight excluding hydrogens is 702 g/mol. The van der Waals surface area contributed by atoms with E-state index < -0.39 is 23.6 Å². The van der Waals surface area contributed by atoms with Gasteiger partial charge < -0.3 is 51.1 Å². The number of Topliss-reactive ketones (excluding diaryl/α,β-unsaturated/α-hetero) is 1. The van der Waals surface area contributed by atoms with Gasteiger partial charge in [-0.25, -0.2) is 14.8 Å². The van der Waals surface area contributed by atoms with Gasteiger partial charge in [0.15, 0.2) is 22.8 Å². The number of nitrogens with zero attached hydrogens (tertiary/aromatic N) is 5. The fraction of sp³-hybridized carbons (Fsp3) is 0.556. The summed E-state index contributed by atoms with van der Waals surface area (Å²) >= 11 is 0. The Morgan fingerprint density at radius 3 is 2.09 bits per heavy atom. The lowest BCUT2D eigenvalue weighted by Gasteiger charge is -2.19. The minimum Gasteiger partial charge on any atom is -0.481 e. The third-order valence-corrected chi connectivity index (χ3v) is 7.70. The van der Waals surface area contributed by atoms with Crippen LogP contribution in [0.15, 0.2) is 30.5 Å². The predicted octanol–water partition coefficient (Wildman–Crippen LogP) is 2.75. The van der Waals surface area contributed by atoms with Gasteiger partial charge in [0.1, 0.15) is 5.60 Å². The summed E-state index contributed by atoms with van der Waals surface area (Å²) in [5.74, 6) is -2.60. The molecule has 0 aliphatic carbocycles. The number of hydrogen-bond donors (Lipinski definition) is 5. The first-order valence-electron chi connectivity index (χ1n) is 17.8. The number of nitrogens with one attached hydrogen (secondary N) is 2. The second kappa shape index (κ2) is 22.1. The molecule has 3 rings (SSSR count). The molecule has 0 spiro atoms. The fourth-order valence-corrected chi connectivity index (χ4v) is 4.97. The van der Waals surface area contributed by atoms with Crippen molar-refractivity contribution in [1.29, 1.82) is 0 Å². The number of fused-ring (bicyclic) bond motifs is 1. The molecule has 2 aromatic heterocycles. The average molecular weight is 756 g/mol. The van der Waals surface area contributed by atoms with Gasteiger partial charge in [0.2, 0.25) is 11.9 Å². The lowest BCUT2D eigenvalue weighted by atomic mass is 9.94. The van der Waals surface area contributed by atoms with E-state index in [9.17, 15) is 24.3 Å². The number of aliphatic carboxylic acids is 1. The van der Waals surface area contributed by atoms with Crippen molar-refractivity contribution in [3.63, 3.8) is 0 Å². The standard InChI is InChI=1S/C36H53N9O9/c1-36(2,3)54-35(50)40-14-6-16-52-18-20-53-19-17-51-15-5-13-39-29(47)12-9-25(33(48)49)21-28(46)24-7-10-27(11-8-24)45(4)23-26-22-41-32-30(42-26)31(37)43-34(38)44-32/h7-8,10-11,22,25H,5-6,9,12-21,23H2,1-4H3,(H,39,47)(H,40,50)(H,48,49)(H4,37,38,41,43,44). The number of nitrogens with two attached hydrogens (primary N) is 2. The molecule has 0 saturated carbocycles. The van der Waals surface area contributed by atoms with E-state index in [0.29, 0.717) is 94.5 Å². The Balaban J connectivity index is 1.24. The lowest BCUT2D eigenvalue weighted by Crippen LogP contribution is -2.33. The Bertz CT molecular complexity index is 1670. The van der Waals surface area contributed by atoms with E-state index in [1.54, 1.807) is 51.2 Å². The van der Waals surface area contributed by atoms with Crippen LogP contribution in [0.1, 0.15) is 68.9 Å². The fourth-order valence-electron chi connectivity index (χ4n) is 4.97. The summed E-state index contributed by atoms with van der Waals surface area (Å²) < 4.78 is 21.6. The number of ketones is 1. The molecule has 2 heterocycles. The van der Waals surface area contributed by atoms with E-state index in [1.807, 2.05) is 11.9 Å². The molecule has 1 unspecified atom stereocenters. The number of alkyl carbamates (subject to hydrolysis) is 1. The van der Waals surface area contributed by atoms with Crippen LogP contribution in [0.25, 0.3) is 11.2 Å². The van der Waals surface area contributed by atoms with Crippen LogP contribution in [0.2, 0.25) is 0 Å². The van der Waals surface area contributed by atoms with Gasteiger partial charge in [0.05, 0.1) is 50.8 Å². The molecule has 18 heteroatoms. The highest BCUT2D eigenvalue weighted by molar-refractivity contribution is 5.98. The van der Waals surface area contributed by atoms with E-state index in [-0.39, 0.29) is 42.7 Å². The highest BCUT2D eigenvalue weighted by atomic mass is 16.6. The van der Waals surface area contributed by atoms with Crippen LogP contribution in [0.4, 0.5) is 22.2 Å². The van der Waals surface area contributed by atoms with Crippen LogP contribution in [-0.2, 0) is 35.1 Å². The summed E-state index contributed by atoms with van der Waals surface area (Å²) in [6.45, 7) is 9.18. The van der Waals surface area contributed by atoms with E-state index in [1.165, 1.54) is 0 Å². The quantitative estimate of drug-likeness (QED) is 0.0650. The van der Waals surface area contributed by atoms with Crippen molar-refractivity contribution in [3.8, 4) is 0 Å². The molecule has 7 N–H and O–H groups in total. The number of carboxylic acids is 1. The predicted molar refractivity (Wildman–Crippen MR) is 201 cm³/mol. The summed E-state index contributed by atoms with van der Waals surface area (Å²) in [7, 11) is 1.85. The van der Waals surface area contributed by atoms with Gasteiger partial charge in [0, 0.05) is 57.4 Å². The number of amides is 2. The minimum atomic E-state index is -1.13. The summed E-state index contributed by atoms with van der Waals surface area (Å²) in [6.07, 6.45) is 2.14. The zero-order chi connectivity index (χ0) is 39.5. The van der Waals surface area contributed by atoms with Crippen LogP contribution >= 0.6 is 0 Å². The molecule has 0 aliphatic heterocycles. The van der Waals surface area contributed by atoms with Crippen LogP contribution in [-0.4, -0.2) is 114 Å². The van der Waals surface area contributed by atoms with Crippen LogP contribution in [0, 0.1) is 5.92 Å². The molecule has 54 heavy (non-hydrogen) atoms. The van der Waals surface area contributed by atoms with Crippen molar-refractivity contribution in [2.45, 2.75) is 65.0 Å². The van der Waals surface area contributed by atoms with Crippen LogP contribution < -0.4 is 27.0 Å². The van der Waals surface area contributed by atoms with Gasteiger partial charge in [-0.2, -0.15) is 9.97 Å². The third-order valence-electron chi connectivity index (χ3n) is 7.70. The normalized spacial score (nSPS) is 11.9. The van der Waals surface area contributed by atoms with E-state index >= 15 is 0 Å². The van der Waals surface area contributed by atoms with Crippen molar-refractivity contribution in [2.75, 3.05) is 76.1 Å². The van der Waals surface area contributed by atoms with Crippen molar-refractivity contribution >= 4 is 52.4 Å². The number of nitrogen functional groups attached to an aromatic ring is 2. The lowest BCUT2D eigenvalue weighted by molar-refractivity contribution is -0.142. The smallest absolute Gasteiger partial charge is 0.407 e. The number of carbonyl (C=O) groups is 4. The minimum absolute atomic E-state index is 0.0158. The Labute approximate surface area is 314 Å². The zero-order valence-corrected chi connectivity index (χ0v) is 31.5. The Morgan fingerprint density at radius 1 is 0.870 bits per heavy atom. The first-order valence-corrected chi connectivity index (χ1v) is 17.8. The summed E-state index contributed by atoms with van der Waals surface area (Å²) in [4.78, 5) is 67.4. The first kappa shape index (κ1) is 43.2. The van der Waals surface area contributed by atoms with Gasteiger partial charge in [0.25, 0.3) is 0 Å². The SMILES string of the molecule is CN(Cc1cnc2nc(N)nc(N)c2n1)c1ccc(C(=O)CC(CCC(=O)NCCCOCCOCCOCCCNC(=O)OC(C)(C)C)C(=O)O)cc1. The van der Waals surface area contributed by atoms with Crippen molar-refractivity contribution in [1.82, 2.24) is 30.6 Å². The number of carboxylic acid groups (broad SMARTS) is 1. The number of rotatable bonds is 24. The third kappa shape index (κ3) is 16.2. The first-order chi connectivity index (χ1) is 25.7. The summed E-state index contributed by atoms with van der Waals surface area (Å²) in [5.41, 5.74) is 13.4. The van der Waals surface area contributed by atoms with Crippen LogP contribution in [0.3, 0.4) is 0 Å². The molecule has 0 bridgehead atoms. The number of hydrogen-bond acceptors (Lipinski definition) is 15. The number of ether oxygens (including phenoxy) is 4. The van der Waals surface area contributed by atoms with Crippen molar-refractivity contribution in [2.24, 2.45) is 5.92 Å². The Kier molecular flexibility index (Phi) is 17.7. The monoisotopic (exact) mass is 755 g/mol. The highest BCUT2D eigenvalue weighted by Gasteiger charge is 2.23. The molecule has 2 amide bonds. The molecule has 0 fully saturated rings. The van der Waals surface area contributed by atoms with Gasteiger partial charge in [-0.3, -0.25) is 14.4 Å². The van der Waals surface area contributed by atoms with Crippen molar-refractivity contribution in [3.05, 3.63) is 41.7 Å². The maximum atomic E-state index is 13.0. The molecule has 296 valence electrons. The molecule has 1 aromatic carbocycles. The average Bonchev–Trinajstić information content (AvgIpc) is 3.11. The molecule has 1 atom stereocenters. The molecule has 0 aliphatic rings. The van der Waals surface area contributed by atoms with E-state index in [2.05, 4.69) is 30.6 Å². The maximum Gasteiger partial charge on any atom is 0.407 e. The van der Waals surface area contributed by atoms with E-state index in [0.717, 1.165) is 5.69 Å². The van der Waals surface area contributed by atoms with Gasteiger partial charge in [-0.15, -0.1) is 0 Å². The highest BCUT2D eigenvalue weighted by Crippen LogP contribution is 2.21. The Morgan fingerprint density at radius 2 is 1.48 bits per heavy atom. The van der Waals surface area contributed by atoms with Crippen molar-refractivity contribution < 1.29 is 43.2 Å². The second-order valence-corrected chi connectivity index (χ2v) is 13.4. The summed E-state index contributed by atoms with van der Waals surface area (Å²) in [6, 6.07) is 6.80. The topological polar surface area (TPSA) is 256 Å². The van der Waals surface area contributed by atoms with Crippen LogP contribution in [0.5, 0.6) is 0 Å². The number of anilines is 3. The molecular formula is C36H53N9O9. The molecule has 3 aromatic rings. The number of carbonyl (C=O) groups excluding carboxylic acids is 3. The zero-order valence-electron chi connectivity index (χ0n) is 31.5. The second-order valence-electron chi connectivity index (χ2n) is 13.4. The molecule has 0 radical (unpaired) electrons. The van der Waals surface area contributed by atoms with E-state index in [4.69, 9.17) is 30.4 Å². The number of aromatic nitrogens is 4. The largest absolute Gasteiger partial charge is 0.481 e.